The van der Waals surface area contributed by atoms with E-state index in [0.717, 1.165) is 37.9 Å². The number of nitrogens with zero attached hydrogens (tertiary/aromatic N) is 1. The lowest BCUT2D eigenvalue weighted by Crippen LogP contribution is -2.48. The van der Waals surface area contributed by atoms with Crippen LogP contribution in [0.15, 0.2) is 24.3 Å². The van der Waals surface area contributed by atoms with Gasteiger partial charge < -0.3 is 15.4 Å². The molecule has 2 aliphatic carbocycles. The lowest BCUT2D eigenvalue weighted by atomic mass is 9.82. The summed E-state index contributed by atoms with van der Waals surface area (Å²) in [5.74, 6) is 0.412. The minimum absolute atomic E-state index is 0.0789. The molecule has 3 fully saturated rings. The van der Waals surface area contributed by atoms with Crippen molar-refractivity contribution in [2.24, 2.45) is 0 Å². The number of hydrogen-bond acceptors (Lipinski definition) is 4. The first-order valence-electron chi connectivity index (χ1n) is 10.8. The minimum atomic E-state index is -0.735. The molecule has 1 saturated heterocycles. The van der Waals surface area contributed by atoms with E-state index >= 15 is 0 Å². The highest BCUT2D eigenvalue weighted by Crippen LogP contribution is 2.33. The number of carbonyl (C=O) groups is 3. The van der Waals surface area contributed by atoms with Crippen molar-refractivity contribution in [2.45, 2.75) is 75.9 Å². The molecule has 1 spiro atoms. The molecule has 4 amide bonds. The molecule has 2 N–H and O–H groups in total. The summed E-state index contributed by atoms with van der Waals surface area (Å²) in [5, 5.41) is 5.69. The van der Waals surface area contributed by atoms with Crippen molar-refractivity contribution in [2.75, 3.05) is 11.9 Å². The Labute approximate surface area is 171 Å². The average Bonchev–Trinajstić information content (AvgIpc) is 3.30. The van der Waals surface area contributed by atoms with Crippen LogP contribution in [0.2, 0.25) is 0 Å². The van der Waals surface area contributed by atoms with Gasteiger partial charge in [-0.05, 0) is 62.8 Å². The summed E-state index contributed by atoms with van der Waals surface area (Å²) in [5.41, 5.74) is -0.0595. The van der Waals surface area contributed by atoms with Crippen molar-refractivity contribution in [1.82, 2.24) is 10.2 Å². The minimum Gasteiger partial charge on any atom is -0.490 e. The lowest BCUT2D eigenvalue weighted by molar-refractivity contribution is -0.132. The van der Waals surface area contributed by atoms with Gasteiger partial charge >= 0.3 is 6.03 Å². The van der Waals surface area contributed by atoms with Crippen molar-refractivity contribution in [1.29, 1.82) is 0 Å². The molecule has 29 heavy (non-hydrogen) atoms. The molecule has 0 aromatic heterocycles. The standard InChI is InChI=1S/C22H29N3O4/c26-19(23-16-8-10-18(11-9-16)29-17-6-2-3-7-17)12-15-25-20(27)22(24-21(25)28)13-4-1-5-14-22/h8-11,17H,1-7,12-15H2,(H,23,26)(H,24,28). The van der Waals surface area contributed by atoms with E-state index in [4.69, 9.17) is 4.74 Å². The molecule has 1 aromatic rings. The molecule has 7 heteroatoms. The van der Waals surface area contributed by atoms with E-state index in [0.29, 0.717) is 24.6 Å². The van der Waals surface area contributed by atoms with Crippen LogP contribution >= 0.6 is 0 Å². The number of hydrogen-bond donors (Lipinski definition) is 2. The first kappa shape index (κ1) is 19.7. The Morgan fingerprint density at radius 2 is 1.76 bits per heavy atom. The second kappa shape index (κ2) is 8.43. The summed E-state index contributed by atoms with van der Waals surface area (Å²) in [6.07, 6.45) is 9.38. The predicted octanol–water partition coefficient (Wildman–Crippen LogP) is 3.59. The number of ether oxygens (including phenoxy) is 1. The van der Waals surface area contributed by atoms with Crippen molar-refractivity contribution >= 4 is 23.5 Å². The van der Waals surface area contributed by atoms with Gasteiger partial charge in [0.15, 0.2) is 0 Å². The van der Waals surface area contributed by atoms with E-state index in [2.05, 4.69) is 10.6 Å². The summed E-state index contributed by atoms with van der Waals surface area (Å²) < 4.78 is 5.93. The van der Waals surface area contributed by atoms with E-state index in [1.54, 1.807) is 0 Å². The number of anilines is 1. The smallest absolute Gasteiger partial charge is 0.325 e. The van der Waals surface area contributed by atoms with Gasteiger partial charge in [0.1, 0.15) is 11.3 Å². The fourth-order valence-corrected chi connectivity index (χ4v) is 4.63. The van der Waals surface area contributed by atoms with Crippen LogP contribution in [-0.2, 0) is 9.59 Å². The van der Waals surface area contributed by atoms with Crippen LogP contribution in [0, 0.1) is 0 Å². The highest BCUT2D eigenvalue weighted by molar-refractivity contribution is 6.07. The van der Waals surface area contributed by atoms with Crippen LogP contribution in [0.3, 0.4) is 0 Å². The van der Waals surface area contributed by atoms with Gasteiger partial charge in [-0.1, -0.05) is 19.3 Å². The Morgan fingerprint density at radius 3 is 2.45 bits per heavy atom. The zero-order valence-electron chi connectivity index (χ0n) is 16.7. The lowest BCUT2D eigenvalue weighted by Gasteiger charge is -2.30. The second-order valence-corrected chi connectivity index (χ2v) is 8.38. The number of urea groups is 1. The number of amides is 4. The largest absolute Gasteiger partial charge is 0.490 e. The summed E-state index contributed by atoms with van der Waals surface area (Å²) in [4.78, 5) is 38.5. The number of rotatable bonds is 6. The van der Waals surface area contributed by atoms with Gasteiger partial charge in [-0.15, -0.1) is 0 Å². The molecule has 1 heterocycles. The zero-order chi connectivity index (χ0) is 20.3. The highest BCUT2D eigenvalue weighted by Gasteiger charge is 2.51. The molecule has 7 nitrogen and oxygen atoms in total. The summed E-state index contributed by atoms with van der Waals surface area (Å²) in [7, 11) is 0. The normalized spacial score (nSPS) is 21.4. The Morgan fingerprint density at radius 1 is 1.07 bits per heavy atom. The molecule has 3 aliphatic rings. The van der Waals surface area contributed by atoms with Crippen LogP contribution in [0.1, 0.15) is 64.2 Å². The molecule has 0 bridgehead atoms. The number of benzene rings is 1. The number of nitrogens with one attached hydrogen (secondary N) is 2. The molecule has 0 atom stereocenters. The quantitative estimate of drug-likeness (QED) is 0.716. The van der Waals surface area contributed by atoms with Crippen molar-refractivity contribution in [3.63, 3.8) is 0 Å². The zero-order valence-corrected chi connectivity index (χ0v) is 16.7. The first-order valence-corrected chi connectivity index (χ1v) is 10.8. The van der Waals surface area contributed by atoms with Gasteiger partial charge in [0.2, 0.25) is 5.91 Å². The fraction of sp³-hybridized carbons (Fsp3) is 0.591. The summed E-state index contributed by atoms with van der Waals surface area (Å²) in [6, 6.07) is 6.97. The molecule has 0 radical (unpaired) electrons. The first-order chi connectivity index (χ1) is 14.1. The Bertz CT molecular complexity index is 765. The highest BCUT2D eigenvalue weighted by atomic mass is 16.5. The topological polar surface area (TPSA) is 87.7 Å². The van der Waals surface area contributed by atoms with E-state index in [1.165, 1.54) is 17.7 Å². The van der Waals surface area contributed by atoms with Crippen LogP contribution in [0.5, 0.6) is 5.75 Å². The molecule has 4 rings (SSSR count). The maximum absolute atomic E-state index is 12.7. The molecule has 0 unspecified atom stereocenters. The molecule has 2 saturated carbocycles. The van der Waals surface area contributed by atoms with E-state index in [-0.39, 0.29) is 30.8 Å². The van der Waals surface area contributed by atoms with Crippen molar-refractivity contribution in [3.8, 4) is 5.75 Å². The van der Waals surface area contributed by atoms with Crippen LogP contribution < -0.4 is 15.4 Å². The summed E-state index contributed by atoms with van der Waals surface area (Å²) >= 11 is 0. The van der Waals surface area contributed by atoms with Crippen molar-refractivity contribution < 1.29 is 19.1 Å². The molecular formula is C22H29N3O4. The van der Waals surface area contributed by atoms with Gasteiger partial charge in [-0.3, -0.25) is 14.5 Å². The maximum atomic E-state index is 12.7. The van der Waals surface area contributed by atoms with E-state index in [9.17, 15) is 14.4 Å². The summed E-state index contributed by atoms with van der Waals surface area (Å²) in [6.45, 7) is 0.0983. The van der Waals surface area contributed by atoms with Gasteiger partial charge in [0.05, 0.1) is 6.10 Å². The third-order valence-electron chi connectivity index (χ3n) is 6.26. The fourth-order valence-electron chi connectivity index (χ4n) is 4.63. The maximum Gasteiger partial charge on any atom is 0.325 e. The number of imide groups is 1. The molecular weight excluding hydrogens is 370 g/mol. The van der Waals surface area contributed by atoms with Gasteiger partial charge in [-0.2, -0.15) is 0 Å². The van der Waals surface area contributed by atoms with Crippen molar-refractivity contribution in [3.05, 3.63) is 24.3 Å². The molecule has 1 aromatic carbocycles. The third-order valence-corrected chi connectivity index (χ3v) is 6.26. The SMILES string of the molecule is O=C(CCN1C(=O)NC2(CCCCC2)C1=O)Nc1ccc(OC2CCCC2)cc1. The predicted molar refractivity (Wildman–Crippen MR) is 109 cm³/mol. The van der Waals surface area contributed by atoms with Gasteiger partial charge in [-0.25, -0.2) is 4.79 Å². The second-order valence-electron chi connectivity index (χ2n) is 8.38. The van der Waals surface area contributed by atoms with Gasteiger partial charge in [0, 0.05) is 18.7 Å². The Kier molecular flexibility index (Phi) is 5.74. The number of carbonyl (C=O) groups excluding carboxylic acids is 3. The van der Waals surface area contributed by atoms with Crippen LogP contribution in [0.25, 0.3) is 0 Å². The van der Waals surface area contributed by atoms with E-state index < -0.39 is 5.54 Å². The Balaban J connectivity index is 1.26. The molecule has 156 valence electrons. The Hall–Kier alpha value is -2.57. The monoisotopic (exact) mass is 399 g/mol. The molecule has 1 aliphatic heterocycles. The van der Waals surface area contributed by atoms with Gasteiger partial charge in [0.25, 0.3) is 5.91 Å². The van der Waals surface area contributed by atoms with Crippen LogP contribution in [0.4, 0.5) is 10.5 Å². The van der Waals surface area contributed by atoms with Crippen LogP contribution in [-0.4, -0.2) is 40.9 Å². The van der Waals surface area contributed by atoms with E-state index in [1.807, 2.05) is 24.3 Å². The third kappa shape index (κ3) is 4.38. The average molecular weight is 399 g/mol.